The smallest absolute Gasteiger partial charge is 0.138 e. The molecule has 1 saturated carbocycles. The van der Waals surface area contributed by atoms with Crippen LogP contribution in [0.4, 0.5) is 5.69 Å². The molecule has 0 amide bonds. The van der Waals surface area contributed by atoms with Crippen molar-refractivity contribution in [3.63, 3.8) is 0 Å². The van der Waals surface area contributed by atoms with Gasteiger partial charge < -0.3 is 10.0 Å². The standard InChI is InChI=1S/C15H23NO/c1-2-12-16(13-8-4-3-5-9-13)14-10-6-7-11-15(14)17/h6-7,10-11,13,17H,2-5,8-9,12H2,1H3. The largest absolute Gasteiger partial charge is 0.506 e. The average Bonchev–Trinajstić information content (AvgIpc) is 2.38. The van der Waals surface area contributed by atoms with Crippen molar-refractivity contribution in [3.05, 3.63) is 24.3 Å². The first kappa shape index (κ1) is 12.3. The molecule has 2 nitrogen and oxygen atoms in total. The van der Waals surface area contributed by atoms with Crippen LogP contribution in [0.3, 0.4) is 0 Å². The lowest BCUT2D eigenvalue weighted by atomic mass is 9.93. The van der Waals surface area contributed by atoms with E-state index in [9.17, 15) is 5.11 Å². The van der Waals surface area contributed by atoms with Crippen LogP contribution in [0.25, 0.3) is 0 Å². The van der Waals surface area contributed by atoms with Crippen LogP contribution in [0.15, 0.2) is 24.3 Å². The van der Waals surface area contributed by atoms with Gasteiger partial charge in [-0.2, -0.15) is 0 Å². The molecule has 0 aliphatic heterocycles. The highest BCUT2D eigenvalue weighted by molar-refractivity contribution is 5.58. The Morgan fingerprint density at radius 2 is 1.88 bits per heavy atom. The second-order valence-corrected chi connectivity index (χ2v) is 4.97. The molecule has 0 saturated heterocycles. The monoisotopic (exact) mass is 233 g/mol. The fraction of sp³-hybridized carbons (Fsp3) is 0.600. The average molecular weight is 233 g/mol. The minimum absolute atomic E-state index is 0.423. The molecule has 17 heavy (non-hydrogen) atoms. The van der Waals surface area contributed by atoms with Crippen LogP contribution in [0, 0.1) is 0 Å². The van der Waals surface area contributed by atoms with Gasteiger partial charge in [-0.1, -0.05) is 38.3 Å². The lowest BCUT2D eigenvalue weighted by molar-refractivity contribution is 0.407. The van der Waals surface area contributed by atoms with Gasteiger partial charge >= 0.3 is 0 Å². The number of phenolic OH excluding ortho intramolecular Hbond substituents is 1. The van der Waals surface area contributed by atoms with Crippen LogP contribution in [-0.4, -0.2) is 17.7 Å². The number of nitrogens with zero attached hydrogens (tertiary/aromatic N) is 1. The van der Waals surface area contributed by atoms with Gasteiger partial charge in [-0.15, -0.1) is 0 Å². The van der Waals surface area contributed by atoms with E-state index < -0.39 is 0 Å². The van der Waals surface area contributed by atoms with Crippen LogP contribution in [0.1, 0.15) is 45.4 Å². The van der Waals surface area contributed by atoms with Gasteiger partial charge in [-0.05, 0) is 31.4 Å². The molecule has 1 aromatic rings. The fourth-order valence-corrected chi connectivity index (χ4v) is 2.84. The van der Waals surface area contributed by atoms with Gasteiger partial charge in [0.15, 0.2) is 0 Å². The van der Waals surface area contributed by atoms with Crippen molar-refractivity contribution in [2.24, 2.45) is 0 Å². The Kier molecular flexibility index (Phi) is 4.29. The number of para-hydroxylation sites is 2. The molecule has 1 fully saturated rings. The van der Waals surface area contributed by atoms with E-state index in [0.29, 0.717) is 11.8 Å². The van der Waals surface area contributed by atoms with Gasteiger partial charge in [0.25, 0.3) is 0 Å². The first-order valence-corrected chi connectivity index (χ1v) is 6.87. The molecule has 2 heteroatoms. The van der Waals surface area contributed by atoms with Crippen molar-refractivity contribution in [2.45, 2.75) is 51.5 Å². The highest BCUT2D eigenvalue weighted by Gasteiger charge is 2.22. The molecule has 0 spiro atoms. The van der Waals surface area contributed by atoms with Crippen molar-refractivity contribution in [2.75, 3.05) is 11.4 Å². The van der Waals surface area contributed by atoms with E-state index >= 15 is 0 Å². The molecule has 1 N–H and O–H groups in total. The quantitative estimate of drug-likeness (QED) is 0.851. The minimum atomic E-state index is 0.423. The first-order chi connectivity index (χ1) is 8.33. The minimum Gasteiger partial charge on any atom is -0.506 e. The summed E-state index contributed by atoms with van der Waals surface area (Å²) >= 11 is 0. The molecule has 2 rings (SSSR count). The van der Waals surface area contributed by atoms with Crippen molar-refractivity contribution in [1.29, 1.82) is 0 Å². The molecular formula is C15H23NO. The zero-order valence-corrected chi connectivity index (χ0v) is 10.7. The third-order valence-corrected chi connectivity index (χ3v) is 3.67. The zero-order chi connectivity index (χ0) is 12.1. The molecule has 94 valence electrons. The van der Waals surface area contributed by atoms with E-state index in [1.54, 1.807) is 6.07 Å². The van der Waals surface area contributed by atoms with Crippen molar-refractivity contribution < 1.29 is 5.11 Å². The van der Waals surface area contributed by atoms with E-state index in [1.165, 1.54) is 32.1 Å². The van der Waals surface area contributed by atoms with Crippen LogP contribution in [-0.2, 0) is 0 Å². The third-order valence-electron chi connectivity index (χ3n) is 3.67. The molecule has 0 radical (unpaired) electrons. The molecule has 1 aromatic carbocycles. The van der Waals surface area contributed by atoms with Gasteiger partial charge in [-0.3, -0.25) is 0 Å². The third kappa shape index (κ3) is 2.93. The van der Waals surface area contributed by atoms with E-state index in [0.717, 1.165) is 18.7 Å². The fourth-order valence-electron chi connectivity index (χ4n) is 2.84. The summed E-state index contributed by atoms with van der Waals surface area (Å²) < 4.78 is 0. The number of hydrogen-bond donors (Lipinski definition) is 1. The normalized spacial score (nSPS) is 17.0. The number of phenols is 1. The molecular weight excluding hydrogens is 210 g/mol. The molecule has 0 unspecified atom stereocenters. The van der Waals surface area contributed by atoms with Crippen LogP contribution in [0.5, 0.6) is 5.75 Å². The summed E-state index contributed by atoms with van der Waals surface area (Å²) in [6, 6.07) is 8.36. The summed E-state index contributed by atoms with van der Waals surface area (Å²) in [7, 11) is 0. The molecule has 1 aliphatic carbocycles. The Morgan fingerprint density at radius 3 is 2.53 bits per heavy atom. The van der Waals surface area contributed by atoms with Crippen LogP contribution >= 0.6 is 0 Å². The summed E-state index contributed by atoms with van der Waals surface area (Å²) in [6.45, 7) is 3.25. The summed E-state index contributed by atoms with van der Waals surface area (Å²) in [5, 5.41) is 10.00. The van der Waals surface area contributed by atoms with Crippen LogP contribution in [0.2, 0.25) is 0 Å². The number of hydrogen-bond acceptors (Lipinski definition) is 2. The Hall–Kier alpha value is -1.18. The first-order valence-electron chi connectivity index (χ1n) is 6.87. The lowest BCUT2D eigenvalue weighted by Gasteiger charge is -2.36. The SMILES string of the molecule is CCCN(c1ccccc1O)C1CCCCC1. The number of benzene rings is 1. The van der Waals surface area contributed by atoms with E-state index in [-0.39, 0.29) is 0 Å². The Balaban J connectivity index is 2.18. The molecule has 0 heterocycles. The summed E-state index contributed by atoms with van der Waals surface area (Å²) in [5.74, 6) is 0.423. The zero-order valence-electron chi connectivity index (χ0n) is 10.7. The maximum atomic E-state index is 10.00. The van der Waals surface area contributed by atoms with Gasteiger partial charge in [0.05, 0.1) is 5.69 Å². The maximum Gasteiger partial charge on any atom is 0.138 e. The molecule has 0 atom stereocenters. The predicted molar refractivity (Wildman–Crippen MR) is 72.6 cm³/mol. The molecule has 0 aromatic heterocycles. The van der Waals surface area contributed by atoms with Crippen molar-refractivity contribution >= 4 is 5.69 Å². The highest BCUT2D eigenvalue weighted by Crippen LogP contribution is 2.32. The summed E-state index contributed by atoms with van der Waals surface area (Å²) in [5.41, 5.74) is 1.02. The Labute approximate surface area is 104 Å². The maximum absolute atomic E-state index is 10.00. The summed E-state index contributed by atoms with van der Waals surface area (Å²) in [4.78, 5) is 2.41. The number of rotatable bonds is 4. The van der Waals surface area contributed by atoms with Gasteiger partial charge in [0, 0.05) is 12.6 Å². The lowest BCUT2D eigenvalue weighted by Crippen LogP contribution is -2.37. The van der Waals surface area contributed by atoms with Crippen molar-refractivity contribution in [1.82, 2.24) is 0 Å². The van der Waals surface area contributed by atoms with Crippen LogP contribution < -0.4 is 4.90 Å². The second-order valence-electron chi connectivity index (χ2n) is 4.97. The second kappa shape index (κ2) is 5.95. The van der Waals surface area contributed by atoms with Gasteiger partial charge in [0.1, 0.15) is 5.75 Å². The Bertz CT molecular complexity index is 345. The summed E-state index contributed by atoms with van der Waals surface area (Å²) in [6.07, 6.45) is 7.71. The Morgan fingerprint density at radius 1 is 1.18 bits per heavy atom. The number of aromatic hydroxyl groups is 1. The van der Waals surface area contributed by atoms with E-state index in [1.807, 2.05) is 18.2 Å². The molecule has 0 bridgehead atoms. The highest BCUT2D eigenvalue weighted by atomic mass is 16.3. The van der Waals surface area contributed by atoms with E-state index in [4.69, 9.17) is 0 Å². The predicted octanol–water partition coefficient (Wildman–Crippen LogP) is 3.94. The molecule has 1 aliphatic rings. The van der Waals surface area contributed by atoms with Crippen molar-refractivity contribution in [3.8, 4) is 5.75 Å². The van der Waals surface area contributed by atoms with E-state index in [2.05, 4.69) is 11.8 Å². The topological polar surface area (TPSA) is 23.5 Å². The van der Waals surface area contributed by atoms with Gasteiger partial charge in [-0.25, -0.2) is 0 Å². The number of anilines is 1. The van der Waals surface area contributed by atoms with Gasteiger partial charge in [0.2, 0.25) is 0 Å².